The van der Waals surface area contributed by atoms with Crippen LogP contribution >= 0.6 is 15.9 Å². The fourth-order valence-corrected chi connectivity index (χ4v) is 3.93. The molecule has 2 aliphatic rings. The number of benzene rings is 2. The van der Waals surface area contributed by atoms with E-state index in [0.29, 0.717) is 42.1 Å². The predicted octanol–water partition coefficient (Wildman–Crippen LogP) is 2.78. The van der Waals surface area contributed by atoms with Gasteiger partial charge in [0.1, 0.15) is 11.4 Å². The van der Waals surface area contributed by atoms with Gasteiger partial charge in [-0.15, -0.1) is 0 Å². The summed E-state index contributed by atoms with van der Waals surface area (Å²) in [5.74, 6) is 0.0387. The fraction of sp³-hybridized carbons (Fsp3) is 0.261. The summed E-state index contributed by atoms with van der Waals surface area (Å²) >= 11 is 3.44. The second-order valence-corrected chi connectivity index (χ2v) is 8.19. The number of carbonyl (C=O) groups is 3. The average Bonchev–Trinajstić information content (AvgIpc) is 3.07. The zero-order chi connectivity index (χ0) is 22.5. The molecular formula is C23H22BrN3O5. The normalized spacial score (nSPS) is 17.6. The van der Waals surface area contributed by atoms with Crippen LogP contribution in [0.3, 0.4) is 0 Å². The molecular weight excluding hydrogens is 478 g/mol. The van der Waals surface area contributed by atoms with Crippen LogP contribution in [-0.2, 0) is 20.9 Å². The summed E-state index contributed by atoms with van der Waals surface area (Å²) in [7, 11) is 0. The zero-order valence-electron chi connectivity index (χ0n) is 17.3. The van der Waals surface area contributed by atoms with Crippen LogP contribution in [0.1, 0.15) is 11.1 Å². The summed E-state index contributed by atoms with van der Waals surface area (Å²) in [6.07, 6.45) is 1.61. The van der Waals surface area contributed by atoms with Crippen molar-refractivity contribution in [1.29, 1.82) is 0 Å². The number of carbonyl (C=O) groups excluding carboxylic acids is 3. The molecule has 4 amide bonds. The third-order valence-electron chi connectivity index (χ3n) is 5.13. The number of halogens is 1. The summed E-state index contributed by atoms with van der Waals surface area (Å²) in [6, 6.07) is 14.1. The highest BCUT2D eigenvalue weighted by Gasteiger charge is 2.33. The van der Waals surface area contributed by atoms with Gasteiger partial charge in [-0.2, -0.15) is 0 Å². The molecule has 0 saturated carbocycles. The quantitative estimate of drug-likeness (QED) is 0.487. The Hall–Kier alpha value is -3.17. The van der Waals surface area contributed by atoms with Crippen molar-refractivity contribution in [2.45, 2.75) is 6.54 Å². The Morgan fingerprint density at radius 2 is 1.88 bits per heavy atom. The van der Waals surface area contributed by atoms with E-state index in [4.69, 9.17) is 9.47 Å². The number of hydrogen-bond acceptors (Lipinski definition) is 5. The van der Waals surface area contributed by atoms with E-state index in [1.165, 1.54) is 4.90 Å². The number of hydrogen-bond donors (Lipinski definition) is 1. The summed E-state index contributed by atoms with van der Waals surface area (Å²) in [5.41, 5.74) is 1.77. The average molecular weight is 500 g/mol. The Labute approximate surface area is 193 Å². The largest absolute Gasteiger partial charge is 0.483 e. The number of nitrogens with zero attached hydrogens (tertiary/aromatic N) is 2. The van der Waals surface area contributed by atoms with Gasteiger partial charge < -0.3 is 19.7 Å². The van der Waals surface area contributed by atoms with E-state index >= 15 is 0 Å². The summed E-state index contributed by atoms with van der Waals surface area (Å²) in [4.78, 5) is 40.1. The molecule has 0 unspecified atom stereocenters. The highest BCUT2D eigenvalue weighted by atomic mass is 79.9. The Kier molecular flexibility index (Phi) is 6.87. The molecule has 2 aliphatic heterocycles. The van der Waals surface area contributed by atoms with Gasteiger partial charge >= 0.3 is 6.03 Å². The van der Waals surface area contributed by atoms with E-state index in [-0.39, 0.29) is 30.7 Å². The van der Waals surface area contributed by atoms with Gasteiger partial charge in [-0.1, -0.05) is 36.4 Å². The summed E-state index contributed by atoms with van der Waals surface area (Å²) in [5, 5.41) is 2.62. The summed E-state index contributed by atoms with van der Waals surface area (Å²) < 4.78 is 11.5. The predicted molar refractivity (Wildman–Crippen MR) is 121 cm³/mol. The Balaban J connectivity index is 1.39. The first kappa shape index (κ1) is 22.0. The van der Waals surface area contributed by atoms with Gasteiger partial charge in [0.25, 0.3) is 11.8 Å². The van der Waals surface area contributed by atoms with Gasteiger partial charge in [0.05, 0.1) is 24.2 Å². The van der Waals surface area contributed by atoms with Crippen molar-refractivity contribution in [2.75, 3.05) is 32.9 Å². The van der Waals surface area contributed by atoms with Crippen molar-refractivity contribution in [3.63, 3.8) is 0 Å². The fourth-order valence-electron chi connectivity index (χ4n) is 3.42. The lowest BCUT2D eigenvalue weighted by molar-refractivity contribution is -0.137. The molecule has 0 aromatic heterocycles. The van der Waals surface area contributed by atoms with Gasteiger partial charge in [0, 0.05) is 13.1 Å². The lowest BCUT2D eigenvalue weighted by atomic mass is 10.1. The molecule has 166 valence electrons. The second kappa shape index (κ2) is 9.97. The van der Waals surface area contributed by atoms with E-state index in [1.54, 1.807) is 29.2 Å². The van der Waals surface area contributed by atoms with Gasteiger partial charge in [-0.05, 0) is 45.3 Å². The van der Waals surface area contributed by atoms with Gasteiger partial charge in [-0.25, -0.2) is 4.79 Å². The molecule has 4 rings (SSSR count). The highest BCUT2D eigenvalue weighted by Crippen LogP contribution is 2.27. The molecule has 2 aromatic rings. The van der Waals surface area contributed by atoms with Crippen LogP contribution in [0.5, 0.6) is 5.75 Å². The topological polar surface area (TPSA) is 88.2 Å². The number of urea groups is 1. The molecule has 2 aromatic carbocycles. The first-order chi connectivity index (χ1) is 15.5. The molecule has 8 nitrogen and oxygen atoms in total. The van der Waals surface area contributed by atoms with Crippen LogP contribution in [0.15, 0.2) is 58.7 Å². The molecule has 0 spiro atoms. The van der Waals surface area contributed by atoms with E-state index in [0.717, 1.165) is 5.56 Å². The maximum Gasteiger partial charge on any atom is 0.329 e. The molecule has 0 bridgehead atoms. The van der Waals surface area contributed by atoms with Crippen molar-refractivity contribution in [1.82, 2.24) is 15.1 Å². The van der Waals surface area contributed by atoms with Crippen LogP contribution in [-0.4, -0.2) is 60.6 Å². The van der Waals surface area contributed by atoms with Crippen LogP contribution in [0.25, 0.3) is 6.08 Å². The minimum Gasteiger partial charge on any atom is -0.483 e. The van der Waals surface area contributed by atoms with E-state index < -0.39 is 6.03 Å². The number of ether oxygens (including phenoxy) is 2. The molecule has 1 N–H and O–H groups in total. The zero-order valence-corrected chi connectivity index (χ0v) is 18.8. The molecule has 0 radical (unpaired) electrons. The number of imide groups is 1. The van der Waals surface area contributed by atoms with Crippen molar-refractivity contribution in [2.24, 2.45) is 0 Å². The second-order valence-electron chi connectivity index (χ2n) is 7.34. The minimum atomic E-state index is -0.453. The van der Waals surface area contributed by atoms with E-state index in [9.17, 15) is 14.4 Å². The maximum absolute atomic E-state index is 12.7. The first-order valence-electron chi connectivity index (χ1n) is 10.2. The van der Waals surface area contributed by atoms with Crippen molar-refractivity contribution in [3.05, 3.63) is 69.8 Å². The lowest BCUT2D eigenvalue weighted by Crippen LogP contribution is -2.43. The molecule has 2 saturated heterocycles. The molecule has 0 atom stereocenters. The standard InChI is InChI=1S/C23H22BrN3O5/c24-18-12-17(6-7-20(18)32-15-21(28)26-8-10-31-11-9-26)13-19-22(29)27(23(30)25-19)14-16-4-2-1-3-5-16/h1-7,12-13H,8-11,14-15H2,(H,25,30). The van der Waals surface area contributed by atoms with Crippen molar-refractivity contribution in [3.8, 4) is 5.75 Å². The number of rotatable bonds is 6. The Morgan fingerprint density at radius 3 is 2.59 bits per heavy atom. The molecule has 32 heavy (non-hydrogen) atoms. The monoisotopic (exact) mass is 499 g/mol. The number of amides is 4. The van der Waals surface area contributed by atoms with E-state index in [1.807, 2.05) is 30.3 Å². The molecule has 2 heterocycles. The van der Waals surface area contributed by atoms with Crippen molar-refractivity contribution >= 4 is 39.9 Å². The molecule has 2 fully saturated rings. The Bertz CT molecular complexity index is 1050. The van der Waals surface area contributed by atoms with Gasteiger partial charge in [0.15, 0.2) is 6.61 Å². The van der Waals surface area contributed by atoms with Crippen LogP contribution in [0, 0.1) is 0 Å². The van der Waals surface area contributed by atoms with Gasteiger partial charge in [0.2, 0.25) is 0 Å². The Morgan fingerprint density at radius 1 is 1.12 bits per heavy atom. The third kappa shape index (κ3) is 5.17. The lowest BCUT2D eigenvalue weighted by Gasteiger charge is -2.26. The van der Waals surface area contributed by atoms with Crippen LogP contribution in [0.2, 0.25) is 0 Å². The van der Waals surface area contributed by atoms with Crippen LogP contribution in [0.4, 0.5) is 4.79 Å². The van der Waals surface area contributed by atoms with Gasteiger partial charge in [-0.3, -0.25) is 14.5 Å². The molecule has 0 aliphatic carbocycles. The smallest absolute Gasteiger partial charge is 0.329 e. The van der Waals surface area contributed by atoms with E-state index in [2.05, 4.69) is 21.2 Å². The molecule has 9 heteroatoms. The maximum atomic E-state index is 12.7. The number of morpholine rings is 1. The minimum absolute atomic E-state index is 0.0674. The van der Waals surface area contributed by atoms with Crippen molar-refractivity contribution < 1.29 is 23.9 Å². The highest BCUT2D eigenvalue weighted by molar-refractivity contribution is 9.10. The third-order valence-corrected chi connectivity index (χ3v) is 5.75. The number of nitrogens with one attached hydrogen (secondary N) is 1. The first-order valence-corrected chi connectivity index (χ1v) is 11.0. The van der Waals surface area contributed by atoms with Crippen LogP contribution < -0.4 is 10.1 Å². The summed E-state index contributed by atoms with van der Waals surface area (Å²) in [6.45, 7) is 2.35. The SMILES string of the molecule is O=C(COc1ccc(C=C2NC(=O)N(Cc3ccccc3)C2=O)cc1Br)N1CCOCC1.